The molecule has 1 N–H and O–H groups in total. The van der Waals surface area contributed by atoms with Gasteiger partial charge >= 0.3 is 5.97 Å². The number of aromatic nitrogens is 2. The van der Waals surface area contributed by atoms with Gasteiger partial charge in [0, 0.05) is 23.5 Å². The van der Waals surface area contributed by atoms with Crippen molar-refractivity contribution in [2.24, 2.45) is 0 Å². The van der Waals surface area contributed by atoms with Gasteiger partial charge in [0.1, 0.15) is 0 Å². The van der Waals surface area contributed by atoms with E-state index < -0.39 is 12.1 Å². The van der Waals surface area contributed by atoms with Gasteiger partial charge in [0.05, 0.1) is 12.1 Å². The average molecular weight is 329 g/mol. The van der Waals surface area contributed by atoms with E-state index >= 15 is 0 Å². The number of nitrogens with one attached hydrogen (secondary N) is 1. The lowest BCUT2D eigenvalue weighted by molar-refractivity contribution is -0.152. The molecule has 0 aliphatic rings. The van der Waals surface area contributed by atoms with Crippen LogP contribution >= 0.6 is 11.3 Å². The quantitative estimate of drug-likeness (QED) is 0.730. The molecule has 3 aromatic rings. The Balaban J connectivity index is 1.54. The number of benzene rings is 1. The van der Waals surface area contributed by atoms with E-state index in [1.165, 1.54) is 11.3 Å². The second-order valence-electron chi connectivity index (χ2n) is 4.99. The summed E-state index contributed by atoms with van der Waals surface area (Å²) in [6, 6.07) is 9.02. The molecule has 2 aromatic heterocycles. The molecule has 0 saturated heterocycles. The molecular formula is C16H15N3O3S. The smallest absolute Gasteiger partial charge is 0.312 e. The number of imidazole rings is 1. The Morgan fingerprint density at radius 1 is 1.35 bits per heavy atom. The normalized spacial score (nSPS) is 12.0. The maximum Gasteiger partial charge on any atom is 0.312 e. The van der Waals surface area contributed by atoms with E-state index in [9.17, 15) is 9.59 Å². The first-order valence-electron chi connectivity index (χ1n) is 7.08. The Morgan fingerprint density at radius 2 is 2.13 bits per heavy atom. The van der Waals surface area contributed by atoms with Gasteiger partial charge < -0.3 is 10.1 Å². The number of fused-ring (bicyclic) bond motifs is 1. The Morgan fingerprint density at radius 3 is 2.87 bits per heavy atom. The third kappa shape index (κ3) is 3.75. The van der Waals surface area contributed by atoms with E-state index in [4.69, 9.17) is 4.74 Å². The zero-order valence-corrected chi connectivity index (χ0v) is 13.2. The van der Waals surface area contributed by atoms with E-state index in [1.807, 2.05) is 34.2 Å². The number of ether oxygens (including phenoxy) is 1. The third-order valence-corrected chi connectivity index (χ3v) is 3.96. The topological polar surface area (TPSA) is 72.7 Å². The van der Waals surface area contributed by atoms with E-state index in [2.05, 4.69) is 10.3 Å². The lowest BCUT2D eigenvalue weighted by atomic mass is 10.3. The summed E-state index contributed by atoms with van der Waals surface area (Å²) >= 11 is 1.49. The lowest BCUT2D eigenvalue weighted by Gasteiger charge is -2.13. The van der Waals surface area contributed by atoms with E-state index in [0.29, 0.717) is 11.4 Å². The first-order valence-corrected chi connectivity index (χ1v) is 7.96. The first kappa shape index (κ1) is 15.2. The standard InChI is InChI=1S/C16H15N3O3S/c1-11(15(21)17-12-5-3-2-4-6-12)22-14(20)9-13-10-19-7-8-23-16(19)18-13/h2-8,10-11H,9H2,1H3,(H,17,21)/t11-/m1/s1. The van der Waals surface area contributed by atoms with Crippen LogP contribution in [-0.4, -0.2) is 27.4 Å². The molecule has 0 aliphatic heterocycles. The highest BCUT2D eigenvalue weighted by Gasteiger charge is 2.19. The number of anilines is 1. The lowest BCUT2D eigenvalue weighted by Crippen LogP contribution is -2.30. The Labute approximate surface area is 136 Å². The SMILES string of the molecule is C[C@@H](OC(=O)Cc1cn2ccsc2n1)C(=O)Nc1ccccc1. The number of carbonyl (C=O) groups is 2. The molecule has 6 nitrogen and oxygen atoms in total. The molecule has 118 valence electrons. The van der Waals surface area contributed by atoms with Crippen LogP contribution in [-0.2, 0) is 20.7 Å². The largest absolute Gasteiger partial charge is 0.452 e. The minimum Gasteiger partial charge on any atom is -0.452 e. The van der Waals surface area contributed by atoms with Crippen LogP contribution in [0.2, 0.25) is 0 Å². The summed E-state index contributed by atoms with van der Waals surface area (Å²) in [5, 5.41) is 4.61. The molecule has 1 amide bonds. The van der Waals surface area contributed by atoms with Gasteiger partial charge in [0.2, 0.25) is 0 Å². The molecule has 1 atom stereocenters. The van der Waals surface area contributed by atoms with Crippen molar-refractivity contribution in [3.8, 4) is 0 Å². The molecule has 1 aromatic carbocycles. The summed E-state index contributed by atoms with van der Waals surface area (Å²) in [5.74, 6) is -0.846. The van der Waals surface area contributed by atoms with Crippen molar-refractivity contribution in [2.45, 2.75) is 19.4 Å². The van der Waals surface area contributed by atoms with Gasteiger partial charge in [-0.2, -0.15) is 0 Å². The molecule has 3 rings (SSSR count). The summed E-state index contributed by atoms with van der Waals surface area (Å²) in [7, 11) is 0. The summed E-state index contributed by atoms with van der Waals surface area (Å²) in [4.78, 5) is 29.1. The van der Waals surface area contributed by atoms with E-state index in [-0.39, 0.29) is 12.3 Å². The summed E-state index contributed by atoms with van der Waals surface area (Å²) in [5.41, 5.74) is 1.28. The van der Waals surface area contributed by atoms with Gasteiger partial charge in [-0.1, -0.05) is 18.2 Å². The fraction of sp³-hybridized carbons (Fsp3) is 0.188. The summed E-state index contributed by atoms with van der Waals surface area (Å²) in [6.07, 6.45) is 2.82. The van der Waals surface area contributed by atoms with Crippen LogP contribution in [0, 0.1) is 0 Å². The molecule has 0 unspecified atom stereocenters. The number of thiazole rings is 1. The highest BCUT2D eigenvalue weighted by molar-refractivity contribution is 7.15. The molecule has 0 bridgehead atoms. The maximum atomic E-state index is 12.0. The van der Waals surface area contributed by atoms with Gasteiger partial charge in [-0.25, -0.2) is 4.98 Å². The Bertz CT molecular complexity index is 797. The van der Waals surface area contributed by atoms with Crippen molar-refractivity contribution in [3.05, 3.63) is 53.8 Å². The maximum absolute atomic E-state index is 12.0. The summed E-state index contributed by atoms with van der Waals surface area (Å²) < 4.78 is 7.01. The summed E-state index contributed by atoms with van der Waals surface area (Å²) in [6.45, 7) is 1.54. The van der Waals surface area contributed by atoms with Gasteiger partial charge in [-0.3, -0.25) is 14.0 Å². The fourth-order valence-electron chi connectivity index (χ4n) is 2.07. The van der Waals surface area contributed by atoms with Crippen LogP contribution in [0.3, 0.4) is 0 Å². The second-order valence-corrected chi connectivity index (χ2v) is 5.86. The Kier molecular flexibility index (Phi) is 4.38. The Hall–Kier alpha value is -2.67. The van der Waals surface area contributed by atoms with Crippen molar-refractivity contribution in [3.63, 3.8) is 0 Å². The van der Waals surface area contributed by atoms with Gasteiger partial charge in [-0.15, -0.1) is 11.3 Å². The molecular weight excluding hydrogens is 314 g/mol. The highest BCUT2D eigenvalue weighted by atomic mass is 32.1. The highest BCUT2D eigenvalue weighted by Crippen LogP contribution is 2.12. The average Bonchev–Trinajstić information content (AvgIpc) is 3.09. The minimum atomic E-state index is -0.869. The van der Waals surface area contributed by atoms with E-state index in [0.717, 1.165) is 4.96 Å². The number of hydrogen-bond acceptors (Lipinski definition) is 5. The number of amides is 1. The monoisotopic (exact) mass is 329 g/mol. The van der Waals surface area contributed by atoms with Gasteiger partial charge in [0.25, 0.3) is 5.91 Å². The fourth-order valence-corrected chi connectivity index (χ4v) is 2.79. The molecule has 0 fully saturated rings. The molecule has 0 spiro atoms. The molecule has 0 aliphatic carbocycles. The molecule has 2 heterocycles. The number of carbonyl (C=O) groups excluding carboxylic acids is 2. The number of nitrogens with zero attached hydrogens (tertiary/aromatic N) is 2. The second kappa shape index (κ2) is 6.62. The minimum absolute atomic E-state index is 0.0390. The predicted molar refractivity (Wildman–Crippen MR) is 87.4 cm³/mol. The van der Waals surface area contributed by atoms with Crippen molar-refractivity contribution in [1.82, 2.24) is 9.38 Å². The van der Waals surface area contributed by atoms with Crippen molar-refractivity contribution < 1.29 is 14.3 Å². The molecule has 0 saturated carbocycles. The van der Waals surface area contributed by atoms with Crippen molar-refractivity contribution >= 4 is 33.9 Å². The zero-order valence-electron chi connectivity index (χ0n) is 12.4. The molecule has 0 radical (unpaired) electrons. The van der Waals surface area contributed by atoms with Crippen molar-refractivity contribution in [1.29, 1.82) is 0 Å². The zero-order chi connectivity index (χ0) is 16.2. The number of para-hydroxylation sites is 1. The van der Waals surface area contributed by atoms with Gasteiger partial charge in [-0.05, 0) is 19.1 Å². The van der Waals surface area contributed by atoms with Crippen LogP contribution in [0.4, 0.5) is 5.69 Å². The van der Waals surface area contributed by atoms with Crippen LogP contribution in [0.25, 0.3) is 4.96 Å². The number of esters is 1. The molecule has 7 heteroatoms. The first-order chi connectivity index (χ1) is 11.1. The van der Waals surface area contributed by atoms with Crippen LogP contribution in [0.15, 0.2) is 48.1 Å². The van der Waals surface area contributed by atoms with Crippen molar-refractivity contribution in [2.75, 3.05) is 5.32 Å². The van der Waals surface area contributed by atoms with Crippen LogP contribution in [0.5, 0.6) is 0 Å². The van der Waals surface area contributed by atoms with Crippen LogP contribution in [0.1, 0.15) is 12.6 Å². The number of rotatable bonds is 5. The predicted octanol–water partition coefficient (Wildman–Crippen LogP) is 2.51. The van der Waals surface area contributed by atoms with E-state index in [1.54, 1.807) is 25.3 Å². The molecule has 23 heavy (non-hydrogen) atoms. The van der Waals surface area contributed by atoms with Gasteiger partial charge in [0.15, 0.2) is 11.1 Å². The number of hydrogen-bond donors (Lipinski definition) is 1. The van der Waals surface area contributed by atoms with Crippen LogP contribution < -0.4 is 5.32 Å². The third-order valence-electron chi connectivity index (χ3n) is 3.19.